The Morgan fingerprint density at radius 1 is 1.47 bits per heavy atom. The predicted octanol–water partition coefficient (Wildman–Crippen LogP) is 1.88. The summed E-state index contributed by atoms with van der Waals surface area (Å²) >= 11 is 0. The van der Waals surface area contributed by atoms with Crippen LogP contribution in [0.5, 0.6) is 0 Å². The van der Waals surface area contributed by atoms with Gasteiger partial charge >= 0.3 is 0 Å². The molecule has 0 radical (unpaired) electrons. The lowest BCUT2D eigenvalue weighted by atomic mass is 9.91. The van der Waals surface area contributed by atoms with E-state index in [-0.39, 0.29) is 5.91 Å². The van der Waals surface area contributed by atoms with E-state index in [2.05, 4.69) is 24.1 Å². The molecule has 3 atom stereocenters. The van der Waals surface area contributed by atoms with Gasteiger partial charge in [-0.15, -0.1) is 0 Å². The van der Waals surface area contributed by atoms with E-state index in [9.17, 15) is 4.79 Å². The third-order valence-corrected chi connectivity index (χ3v) is 4.48. The zero-order chi connectivity index (χ0) is 14.5. The minimum Gasteiger partial charge on any atom is -0.368 e. The van der Waals surface area contributed by atoms with Crippen LogP contribution in [-0.4, -0.2) is 41.5 Å². The minimum absolute atomic E-state index is 0.247. The summed E-state index contributed by atoms with van der Waals surface area (Å²) in [4.78, 5) is 14.3. The van der Waals surface area contributed by atoms with E-state index in [1.165, 1.54) is 25.7 Å². The summed E-state index contributed by atoms with van der Waals surface area (Å²) in [6, 6.07) is 0.987. The Labute approximate surface area is 118 Å². The van der Waals surface area contributed by atoms with Gasteiger partial charge in [-0.3, -0.25) is 9.69 Å². The Morgan fingerprint density at radius 2 is 2.16 bits per heavy atom. The summed E-state index contributed by atoms with van der Waals surface area (Å²) in [5.74, 6) is -0.247. The molecule has 0 saturated carbocycles. The summed E-state index contributed by atoms with van der Waals surface area (Å²) in [6.45, 7) is 10.4. The molecule has 4 heteroatoms. The lowest BCUT2D eigenvalue weighted by Crippen LogP contribution is -2.57. The molecule has 0 aromatic carbocycles. The van der Waals surface area contributed by atoms with Crippen LogP contribution in [0.15, 0.2) is 0 Å². The maximum Gasteiger partial charge on any atom is 0.237 e. The van der Waals surface area contributed by atoms with Gasteiger partial charge in [0.05, 0.1) is 5.54 Å². The third-order valence-electron chi connectivity index (χ3n) is 4.48. The van der Waals surface area contributed by atoms with Crippen molar-refractivity contribution in [1.82, 2.24) is 10.2 Å². The monoisotopic (exact) mass is 269 g/mol. The van der Waals surface area contributed by atoms with Gasteiger partial charge in [-0.1, -0.05) is 19.8 Å². The van der Waals surface area contributed by atoms with Crippen molar-refractivity contribution in [1.29, 1.82) is 0 Å². The van der Waals surface area contributed by atoms with Crippen LogP contribution in [0.2, 0.25) is 0 Å². The van der Waals surface area contributed by atoms with Gasteiger partial charge < -0.3 is 11.1 Å². The second-order valence-corrected chi connectivity index (χ2v) is 6.22. The molecule has 112 valence electrons. The number of nitrogens with two attached hydrogens (primary N) is 1. The van der Waals surface area contributed by atoms with Crippen molar-refractivity contribution in [3.8, 4) is 0 Å². The quantitative estimate of drug-likeness (QED) is 0.774. The molecular weight excluding hydrogens is 238 g/mol. The highest BCUT2D eigenvalue weighted by Crippen LogP contribution is 2.23. The van der Waals surface area contributed by atoms with Gasteiger partial charge in [0.1, 0.15) is 0 Å². The molecule has 0 spiro atoms. The zero-order valence-electron chi connectivity index (χ0n) is 13.0. The second-order valence-electron chi connectivity index (χ2n) is 6.22. The molecule has 1 aliphatic heterocycles. The molecular formula is C15H31N3O. The van der Waals surface area contributed by atoms with Crippen molar-refractivity contribution < 1.29 is 4.79 Å². The first-order valence-corrected chi connectivity index (χ1v) is 7.71. The van der Waals surface area contributed by atoms with E-state index in [1.807, 2.05) is 13.8 Å². The second kappa shape index (κ2) is 7.25. The highest BCUT2D eigenvalue weighted by Gasteiger charge is 2.34. The largest absolute Gasteiger partial charge is 0.368 e. The van der Waals surface area contributed by atoms with Gasteiger partial charge in [0.15, 0.2) is 0 Å². The number of nitrogens with one attached hydrogen (secondary N) is 1. The number of nitrogens with zero attached hydrogens (tertiary/aromatic N) is 1. The summed E-state index contributed by atoms with van der Waals surface area (Å²) in [5, 5.41) is 3.26. The highest BCUT2D eigenvalue weighted by molar-refractivity contribution is 5.84. The molecule has 1 rings (SSSR count). The van der Waals surface area contributed by atoms with E-state index in [0.29, 0.717) is 12.1 Å². The van der Waals surface area contributed by atoms with E-state index >= 15 is 0 Å². The molecule has 4 nitrogen and oxygen atoms in total. The van der Waals surface area contributed by atoms with Crippen LogP contribution in [0.3, 0.4) is 0 Å². The molecule has 0 aliphatic carbocycles. The Kier molecular flexibility index (Phi) is 6.27. The topological polar surface area (TPSA) is 58.4 Å². The van der Waals surface area contributed by atoms with Crippen LogP contribution < -0.4 is 11.1 Å². The van der Waals surface area contributed by atoms with Crippen molar-refractivity contribution >= 4 is 5.91 Å². The van der Waals surface area contributed by atoms with Crippen molar-refractivity contribution in [3.63, 3.8) is 0 Å². The average Bonchev–Trinajstić information content (AvgIpc) is 2.53. The van der Waals surface area contributed by atoms with Gasteiger partial charge in [0, 0.05) is 12.1 Å². The molecule has 3 unspecified atom stereocenters. The number of hydrogen-bond donors (Lipinski definition) is 2. The van der Waals surface area contributed by atoms with Crippen LogP contribution >= 0.6 is 0 Å². The van der Waals surface area contributed by atoms with Crippen LogP contribution in [0.4, 0.5) is 0 Å². The molecule has 3 N–H and O–H groups in total. The summed E-state index contributed by atoms with van der Waals surface area (Å²) in [7, 11) is 0. The van der Waals surface area contributed by atoms with Crippen LogP contribution in [0.1, 0.15) is 59.8 Å². The number of likely N-dealkylation sites (tertiary alicyclic amines) is 1. The normalized spacial score (nSPS) is 26.4. The zero-order valence-corrected chi connectivity index (χ0v) is 13.0. The van der Waals surface area contributed by atoms with E-state index in [1.54, 1.807) is 0 Å². The molecule has 0 aromatic rings. The fourth-order valence-corrected chi connectivity index (χ4v) is 3.31. The van der Waals surface area contributed by atoms with Crippen molar-refractivity contribution in [2.45, 2.75) is 77.4 Å². The number of carbonyl (C=O) groups excluding carboxylic acids is 1. The Hall–Kier alpha value is -0.610. The number of carbonyl (C=O) groups is 1. The van der Waals surface area contributed by atoms with Crippen molar-refractivity contribution in [2.75, 3.05) is 13.1 Å². The van der Waals surface area contributed by atoms with Gasteiger partial charge in [0.2, 0.25) is 5.91 Å². The van der Waals surface area contributed by atoms with E-state index in [0.717, 1.165) is 19.5 Å². The molecule has 0 aromatic heterocycles. The summed E-state index contributed by atoms with van der Waals surface area (Å²) < 4.78 is 0. The number of hydrogen-bond acceptors (Lipinski definition) is 3. The first kappa shape index (κ1) is 16.4. The highest BCUT2D eigenvalue weighted by atomic mass is 16.1. The maximum atomic E-state index is 11.7. The SMILES string of the molecule is CCNC(C)(CC(C)N1CCCCCC1C)C(N)=O. The molecule has 1 fully saturated rings. The van der Waals surface area contributed by atoms with Crippen LogP contribution in [0.25, 0.3) is 0 Å². The van der Waals surface area contributed by atoms with Gasteiger partial charge in [-0.05, 0) is 53.1 Å². The number of likely N-dealkylation sites (N-methyl/N-ethyl adjacent to an activating group) is 1. The number of rotatable bonds is 6. The van der Waals surface area contributed by atoms with Gasteiger partial charge in [-0.25, -0.2) is 0 Å². The van der Waals surface area contributed by atoms with E-state index in [4.69, 9.17) is 5.73 Å². The smallest absolute Gasteiger partial charge is 0.237 e. The molecule has 19 heavy (non-hydrogen) atoms. The maximum absolute atomic E-state index is 11.7. The third kappa shape index (κ3) is 4.46. The fourth-order valence-electron chi connectivity index (χ4n) is 3.31. The Bertz CT molecular complexity index is 295. The molecule has 1 aliphatic rings. The summed E-state index contributed by atoms with van der Waals surface area (Å²) in [5.41, 5.74) is 4.98. The molecule has 0 bridgehead atoms. The first-order chi connectivity index (χ1) is 8.90. The van der Waals surface area contributed by atoms with Gasteiger partial charge in [0.25, 0.3) is 0 Å². The summed E-state index contributed by atoms with van der Waals surface area (Å²) in [6.07, 6.45) is 5.96. The predicted molar refractivity (Wildman–Crippen MR) is 80.0 cm³/mol. The standard InChI is InChI=1S/C15H31N3O/c1-5-17-15(4,14(16)19)11-13(3)18-10-8-6-7-9-12(18)2/h12-13,17H,5-11H2,1-4H3,(H2,16,19). The minimum atomic E-state index is -0.597. The number of amides is 1. The molecule has 1 amide bonds. The van der Waals surface area contributed by atoms with Crippen molar-refractivity contribution in [2.24, 2.45) is 5.73 Å². The number of primary amides is 1. The van der Waals surface area contributed by atoms with Crippen LogP contribution in [-0.2, 0) is 4.79 Å². The molecule has 1 saturated heterocycles. The first-order valence-electron chi connectivity index (χ1n) is 7.71. The average molecular weight is 269 g/mol. The van der Waals surface area contributed by atoms with Crippen molar-refractivity contribution in [3.05, 3.63) is 0 Å². The Balaban J connectivity index is 2.69. The van der Waals surface area contributed by atoms with Crippen LogP contribution in [0, 0.1) is 0 Å². The molecule has 1 heterocycles. The fraction of sp³-hybridized carbons (Fsp3) is 0.933. The van der Waals surface area contributed by atoms with E-state index < -0.39 is 5.54 Å². The Morgan fingerprint density at radius 3 is 2.74 bits per heavy atom. The lowest BCUT2D eigenvalue weighted by molar-refractivity contribution is -0.124. The lowest BCUT2D eigenvalue weighted by Gasteiger charge is -2.38. The van der Waals surface area contributed by atoms with Gasteiger partial charge in [-0.2, -0.15) is 0 Å².